The fourth-order valence-corrected chi connectivity index (χ4v) is 3.08. The van der Waals surface area contributed by atoms with Crippen LogP contribution in [0, 0.1) is 0 Å². The zero-order valence-electron chi connectivity index (χ0n) is 17.1. The first-order chi connectivity index (χ1) is 15.2. The number of para-hydroxylation sites is 1. The van der Waals surface area contributed by atoms with Crippen molar-refractivity contribution in [1.29, 1.82) is 0 Å². The maximum atomic E-state index is 12.9. The summed E-state index contributed by atoms with van der Waals surface area (Å²) in [5, 5.41) is 25.5. The van der Waals surface area contributed by atoms with E-state index in [0.29, 0.717) is 0 Å². The number of carboxylic acids is 2. The summed E-state index contributed by atoms with van der Waals surface area (Å²) < 4.78 is 0. The summed E-state index contributed by atoms with van der Waals surface area (Å²) in [5.41, 5.74) is 6.91. The first-order valence-corrected chi connectivity index (χ1v) is 9.77. The van der Waals surface area contributed by atoms with Crippen LogP contribution in [-0.2, 0) is 30.4 Å². The topological polar surface area (TPSA) is 204 Å². The molecule has 0 aliphatic carbocycles. The van der Waals surface area contributed by atoms with Gasteiger partial charge in [0.05, 0.1) is 6.54 Å². The molecule has 0 saturated carbocycles. The van der Waals surface area contributed by atoms with Gasteiger partial charge in [-0.3, -0.25) is 24.0 Å². The zero-order valence-corrected chi connectivity index (χ0v) is 17.1. The Morgan fingerprint density at radius 2 is 1.69 bits per heavy atom. The van der Waals surface area contributed by atoms with Crippen molar-refractivity contribution >= 4 is 40.6 Å². The van der Waals surface area contributed by atoms with Gasteiger partial charge >= 0.3 is 11.9 Å². The number of nitrogens with two attached hydrogens (primary N) is 1. The average Bonchev–Trinajstić information content (AvgIpc) is 3.16. The fourth-order valence-electron chi connectivity index (χ4n) is 3.08. The van der Waals surface area contributed by atoms with Crippen LogP contribution >= 0.6 is 0 Å². The van der Waals surface area contributed by atoms with Gasteiger partial charge in [0, 0.05) is 29.9 Å². The summed E-state index contributed by atoms with van der Waals surface area (Å²) >= 11 is 0. The van der Waals surface area contributed by atoms with E-state index in [1.807, 2.05) is 24.3 Å². The van der Waals surface area contributed by atoms with E-state index < -0.39 is 54.7 Å². The number of aromatic nitrogens is 1. The molecule has 12 heteroatoms. The largest absolute Gasteiger partial charge is 0.481 e. The minimum atomic E-state index is -1.31. The number of carbonyl (C=O) groups is 5. The highest BCUT2D eigenvalue weighted by Crippen LogP contribution is 2.19. The van der Waals surface area contributed by atoms with E-state index in [-0.39, 0.29) is 19.4 Å². The Hall–Kier alpha value is -3.93. The van der Waals surface area contributed by atoms with Crippen molar-refractivity contribution in [3.05, 3.63) is 36.0 Å². The molecule has 0 bridgehead atoms. The quantitative estimate of drug-likeness (QED) is 0.208. The number of fused-ring (bicyclic) bond motifs is 1. The molecule has 1 aromatic carbocycles. The average molecular weight is 447 g/mol. The Balaban J connectivity index is 2.20. The number of aliphatic carboxylic acids is 2. The molecule has 32 heavy (non-hydrogen) atoms. The lowest BCUT2D eigenvalue weighted by Gasteiger charge is -2.22. The van der Waals surface area contributed by atoms with E-state index in [0.717, 1.165) is 16.5 Å². The standard InChI is InChI=1S/C20H25N5O7/c21-8-16(26)24-15(7-11-9-22-13-4-2-1-3-12(11)13)20(32)25-14(5-6-17(27)28)19(31)23-10-18(29)30/h1-4,9,14-15,22H,5-8,10,21H2,(H,23,31)(H,24,26)(H,25,32)(H,27,28)(H,29,30). The zero-order chi connectivity index (χ0) is 23.7. The summed E-state index contributed by atoms with van der Waals surface area (Å²) in [5.74, 6) is -4.67. The number of amides is 3. The molecule has 0 spiro atoms. The van der Waals surface area contributed by atoms with Crippen LogP contribution < -0.4 is 21.7 Å². The van der Waals surface area contributed by atoms with Gasteiger partial charge in [0.25, 0.3) is 0 Å². The molecule has 172 valence electrons. The van der Waals surface area contributed by atoms with Crippen LogP contribution in [0.5, 0.6) is 0 Å². The monoisotopic (exact) mass is 447 g/mol. The third kappa shape index (κ3) is 7.09. The van der Waals surface area contributed by atoms with E-state index in [9.17, 15) is 24.0 Å². The van der Waals surface area contributed by atoms with Crippen LogP contribution in [-0.4, -0.2) is 70.0 Å². The van der Waals surface area contributed by atoms with Gasteiger partial charge in [-0.2, -0.15) is 0 Å². The number of nitrogens with one attached hydrogen (secondary N) is 4. The van der Waals surface area contributed by atoms with Gasteiger partial charge in [0.2, 0.25) is 17.7 Å². The van der Waals surface area contributed by atoms with E-state index >= 15 is 0 Å². The molecule has 12 nitrogen and oxygen atoms in total. The number of hydrogen-bond donors (Lipinski definition) is 7. The van der Waals surface area contributed by atoms with Gasteiger partial charge in [0.15, 0.2) is 0 Å². The molecule has 2 unspecified atom stereocenters. The van der Waals surface area contributed by atoms with Crippen molar-refractivity contribution in [3.63, 3.8) is 0 Å². The molecule has 0 aliphatic rings. The normalized spacial score (nSPS) is 12.5. The van der Waals surface area contributed by atoms with Crippen molar-refractivity contribution in [3.8, 4) is 0 Å². The molecule has 0 aliphatic heterocycles. The molecular weight excluding hydrogens is 422 g/mol. The molecule has 0 saturated heterocycles. The lowest BCUT2D eigenvalue weighted by atomic mass is 10.0. The van der Waals surface area contributed by atoms with Crippen molar-refractivity contribution in [2.75, 3.05) is 13.1 Å². The number of benzene rings is 1. The van der Waals surface area contributed by atoms with E-state index in [2.05, 4.69) is 20.9 Å². The van der Waals surface area contributed by atoms with E-state index in [4.69, 9.17) is 15.9 Å². The predicted molar refractivity (Wildman–Crippen MR) is 112 cm³/mol. The Labute approximate surface area is 182 Å². The Morgan fingerprint density at radius 1 is 0.969 bits per heavy atom. The number of rotatable bonds is 12. The Bertz CT molecular complexity index is 1000. The highest BCUT2D eigenvalue weighted by atomic mass is 16.4. The highest BCUT2D eigenvalue weighted by Gasteiger charge is 2.28. The molecule has 2 rings (SSSR count). The number of H-pyrrole nitrogens is 1. The Kier molecular flexibility index (Phi) is 8.72. The third-order valence-electron chi connectivity index (χ3n) is 4.63. The summed E-state index contributed by atoms with van der Waals surface area (Å²) in [6, 6.07) is 4.94. The van der Waals surface area contributed by atoms with Crippen LogP contribution in [0.4, 0.5) is 0 Å². The lowest BCUT2D eigenvalue weighted by molar-refractivity contribution is -0.140. The number of aromatic amines is 1. The first-order valence-electron chi connectivity index (χ1n) is 9.77. The van der Waals surface area contributed by atoms with Crippen molar-refractivity contribution in [2.45, 2.75) is 31.3 Å². The molecule has 2 aromatic rings. The molecule has 1 aromatic heterocycles. The van der Waals surface area contributed by atoms with Crippen molar-refractivity contribution in [1.82, 2.24) is 20.9 Å². The SMILES string of the molecule is NCC(=O)NC(Cc1c[nH]c2ccccc12)C(=O)NC(CCC(=O)O)C(=O)NCC(=O)O. The minimum absolute atomic E-state index is 0.0734. The molecule has 8 N–H and O–H groups in total. The molecule has 0 radical (unpaired) electrons. The second kappa shape index (κ2) is 11.5. The molecule has 3 amide bonds. The second-order valence-electron chi connectivity index (χ2n) is 6.99. The summed E-state index contributed by atoms with van der Waals surface area (Å²) in [7, 11) is 0. The van der Waals surface area contributed by atoms with Crippen LogP contribution in [0.3, 0.4) is 0 Å². The predicted octanol–water partition coefficient (Wildman–Crippen LogP) is -1.30. The minimum Gasteiger partial charge on any atom is -0.481 e. The van der Waals surface area contributed by atoms with Crippen LogP contribution in [0.2, 0.25) is 0 Å². The van der Waals surface area contributed by atoms with Gasteiger partial charge in [-0.05, 0) is 18.1 Å². The maximum Gasteiger partial charge on any atom is 0.322 e. The van der Waals surface area contributed by atoms with E-state index in [1.165, 1.54) is 0 Å². The molecule has 2 atom stereocenters. The summed E-state index contributed by atoms with van der Waals surface area (Å²) in [6.45, 7) is -1.06. The summed E-state index contributed by atoms with van der Waals surface area (Å²) in [4.78, 5) is 61.8. The highest BCUT2D eigenvalue weighted by molar-refractivity contribution is 5.94. The lowest BCUT2D eigenvalue weighted by Crippen LogP contribution is -2.55. The Morgan fingerprint density at radius 3 is 2.34 bits per heavy atom. The first kappa shape index (κ1) is 24.3. The van der Waals surface area contributed by atoms with Crippen LogP contribution in [0.15, 0.2) is 30.5 Å². The van der Waals surface area contributed by atoms with Crippen molar-refractivity contribution in [2.24, 2.45) is 5.73 Å². The smallest absolute Gasteiger partial charge is 0.322 e. The van der Waals surface area contributed by atoms with Crippen LogP contribution in [0.25, 0.3) is 10.9 Å². The van der Waals surface area contributed by atoms with E-state index in [1.54, 1.807) is 6.20 Å². The third-order valence-corrected chi connectivity index (χ3v) is 4.63. The number of carboxylic acid groups (broad SMARTS) is 2. The van der Waals surface area contributed by atoms with Gasteiger partial charge in [-0.25, -0.2) is 0 Å². The molecular formula is C20H25N5O7. The second-order valence-corrected chi connectivity index (χ2v) is 6.99. The van der Waals surface area contributed by atoms with Gasteiger partial charge in [-0.1, -0.05) is 18.2 Å². The maximum absolute atomic E-state index is 12.9. The molecule has 1 heterocycles. The fraction of sp³-hybridized carbons (Fsp3) is 0.350. The van der Waals surface area contributed by atoms with Gasteiger partial charge < -0.3 is 36.9 Å². The number of hydrogen-bond acceptors (Lipinski definition) is 6. The van der Waals surface area contributed by atoms with Crippen LogP contribution in [0.1, 0.15) is 18.4 Å². The van der Waals surface area contributed by atoms with Gasteiger partial charge in [-0.15, -0.1) is 0 Å². The number of carbonyl (C=O) groups excluding carboxylic acids is 3. The summed E-state index contributed by atoms with van der Waals surface area (Å²) in [6.07, 6.45) is 1.07. The van der Waals surface area contributed by atoms with Crippen molar-refractivity contribution < 1.29 is 34.2 Å². The van der Waals surface area contributed by atoms with Gasteiger partial charge in [0.1, 0.15) is 18.6 Å². The molecule has 0 fully saturated rings.